The van der Waals surface area contributed by atoms with Crippen LogP contribution in [-0.2, 0) is 11.2 Å². The SMILES string of the molecule is NC(COCC(F)(F)F)Cc1ccncc1Cl. The van der Waals surface area contributed by atoms with Crippen LogP contribution < -0.4 is 5.73 Å². The Labute approximate surface area is 102 Å². The topological polar surface area (TPSA) is 48.1 Å². The number of nitrogens with two attached hydrogens (primary N) is 1. The van der Waals surface area contributed by atoms with Gasteiger partial charge in [0.05, 0.1) is 11.6 Å². The Bertz CT molecular complexity index is 360. The standard InChI is InChI=1S/C10H12ClF3N2O/c11-9-4-16-2-1-7(9)3-8(15)5-17-6-10(12,13)14/h1-2,4,8H,3,5-6,15H2. The van der Waals surface area contributed by atoms with Crippen molar-refractivity contribution >= 4 is 11.6 Å². The molecule has 17 heavy (non-hydrogen) atoms. The smallest absolute Gasteiger partial charge is 0.370 e. The summed E-state index contributed by atoms with van der Waals surface area (Å²) in [6.07, 6.45) is -0.974. The molecule has 0 spiro atoms. The maximum atomic E-state index is 11.8. The van der Waals surface area contributed by atoms with Gasteiger partial charge in [-0.05, 0) is 18.1 Å². The zero-order valence-electron chi connectivity index (χ0n) is 8.88. The highest BCUT2D eigenvalue weighted by Gasteiger charge is 2.27. The van der Waals surface area contributed by atoms with Crippen LogP contribution in [0.15, 0.2) is 18.5 Å². The van der Waals surface area contributed by atoms with E-state index in [4.69, 9.17) is 17.3 Å². The molecule has 0 saturated heterocycles. The normalized spacial score (nSPS) is 13.7. The van der Waals surface area contributed by atoms with Crippen LogP contribution in [0.5, 0.6) is 0 Å². The lowest BCUT2D eigenvalue weighted by Gasteiger charge is -2.14. The fourth-order valence-electron chi connectivity index (χ4n) is 1.24. The number of hydrogen-bond acceptors (Lipinski definition) is 3. The van der Waals surface area contributed by atoms with Crippen molar-refractivity contribution in [2.45, 2.75) is 18.6 Å². The van der Waals surface area contributed by atoms with Crippen molar-refractivity contribution < 1.29 is 17.9 Å². The molecule has 0 fully saturated rings. The van der Waals surface area contributed by atoms with Crippen LogP contribution in [-0.4, -0.2) is 30.4 Å². The number of ether oxygens (including phenoxy) is 1. The lowest BCUT2D eigenvalue weighted by molar-refractivity contribution is -0.174. The Kier molecular flexibility index (Phi) is 5.17. The van der Waals surface area contributed by atoms with Crippen molar-refractivity contribution in [3.63, 3.8) is 0 Å². The van der Waals surface area contributed by atoms with Crippen LogP contribution in [0.1, 0.15) is 5.56 Å². The summed E-state index contributed by atoms with van der Waals surface area (Å²) in [4.78, 5) is 3.79. The molecule has 96 valence electrons. The average Bonchev–Trinajstić information content (AvgIpc) is 2.19. The molecule has 1 aromatic heterocycles. The van der Waals surface area contributed by atoms with Gasteiger partial charge in [-0.3, -0.25) is 4.98 Å². The highest BCUT2D eigenvalue weighted by molar-refractivity contribution is 6.31. The van der Waals surface area contributed by atoms with E-state index in [2.05, 4.69) is 9.72 Å². The van der Waals surface area contributed by atoms with Gasteiger partial charge in [0.15, 0.2) is 0 Å². The van der Waals surface area contributed by atoms with Crippen molar-refractivity contribution in [2.75, 3.05) is 13.2 Å². The molecule has 1 atom stereocenters. The summed E-state index contributed by atoms with van der Waals surface area (Å²) < 4.78 is 39.9. The van der Waals surface area contributed by atoms with E-state index in [1.807, 2.05) is 0 Å². The second-order valence-electron chi connectivity index (χ2n) is 3.56. The summed E-state index contributed by atoms with van der Waals surface area (Å²) in [5, 5.41) is 0.443. The summed E-state index contributed by atoms with van der Waals surface area (Å²) in [5.41, 5.74) is 6.37. The predicted molar refractivity (Wildman–Crippen MR) is 57.8 cm³/mol. The molecule has 0 aliphatic carbocycles. The first-order valence-electron chi connectivity index (χ1n) is 4.87. The van der Waals surface area contributed by atoms with E-state index in [-0.39, 0.29) is 6.61 Å². The lowest BCUT2D eigenvalue weighted by atomic mass is 10.1. The molecule has 0 radical (unpaired) electrons. The van der Waals surface area contributed by atoms with Crippen LogP contribution >= 0.6 is 11.6 Å². The number of nitrogens with zero attached hydrogens (tertiary/aromatic N) is 1. The molecular weight excluding hydrogens is 257 g/mol. The number of pyridine rings is 1. The molecule has 0 saturated carbocycles. The first-order valence-corrected chi connectivity index (χ1v) is 5.25. The number of hydrogen-bond donors (Lipinski definition) is 1. The third-order valence-electron chi connectivity index (χ3n) is 1.94. The van der Waals surface area contributed by atoms with E-state index >= 15 is 0 Å². The fourth-order valence-corrected chi connectivity index (χ4v) is 1.43. The molecule has 0 amide bonds. The Hall–Kier alpha value is -0.850. The molecule has 0 aliphatic rings. The van der Waals surface area contributed by atoms with E-state index in [1.165, 1.54) is 6.20 Å². The summed E-state index contributed by atoms with van der Waals surface area (Å²) in [5.74, 6) is 0. The first kappa shape index (κ1) is 14.2. The van der Waals surface area contributed by atoms with E-state index in [9.17, 15) is 13.2 Å². The number of alkyl halides is 3. The minimum atomic E-state index is -4.33. The largest absolute Gasteiger partial charge is 0.411 e. The maximum absolute atomic E-state index is 11.8. The van der Waals surface area contributed by atoms with Gasteiger partial charge in [0.25, 0.3) is 0 Å². The van der Waals surface area contributed by atoms with Gasteiger partial charge in [0.1, 0.15) is 6.61 Å². The van der Waals surface area contributed by atoms with E-state index in [1.54, 1.807) is 12.3 Å². The van der Waals surface area contributed by atoms with Crippen LogP contribution in [0.3, 0.4) is 0 Å². The fraction of sp³-hybridized carbons (Fsp3) is 0.500. The van der Waals surface area contributed by atoms with Crippen molar-refractivity contribution in [3.05, 3.63) is 29.0 Å². The van der Waals surface area contributed by atoms with Crippen molar-refractivity contribution in [1.82, 2.24) is 4.98 Å². The monoisotopic (exact) mass is 268 g/mol. The molecule has 0 aromatic carbocycles. The molecule has 1 aromatic rings. The summed E-state index contributed by atoms with van der Waals surface area (Å²) in [6.45, 7) is -1.46. The molecule has 0 bridgehead atoms. The zero-order valence-corrected chi connectivity index (χ0v) is 9.63. The molecular formula is C10H12ClF3N2O. The van der Waals surface area contributed by atoms with Crippen molar-refractivity contribution in [2.24, 2.45) is 5.73 Å². The Morgan fingerprint density at radius 1 is 1.47 bits per heavy atom. The van der Waals surface area contributed by atoms with Gasteiger partial charge in [-0.25, -0.2) is 0 Å². The molecule has 7 heteroatoms. The predicted octanol–water partition coefficient (Wildman–Crippen LogP) is 2.18. The Morgan fingerprint density at radius 3 is 2.76 bits per heavy atom. The molecule has 3 nitrogen and oxygen atoms in total. The van der Waals surface area contributed by atoms with Gasteiger partial charge >= 0.3 is 6.18 Å². The third-order valence-corrected chi connectivity index (χ3v) is 2.28. The summed E-state index contributed by atoms with van der Waals surface area (Å²) in [6, 6.07) is 1.14. The second-order valence-corrected chi connectivity index (χ2v) is 3.97. The van der Waals surface area contributed by atoms with Gasteiger partial charge in [-0.1, -0.05) is 11.6 Å². The first-order chi connectivity index (χ1) is 7.88. The minimum Gasteiger partial charge on any atom is -0.370 e. The summed E-state index contributed by atoms with van der Waals surface area (Å²) in [7, 11) is 0. The molecule has 1 heterocycles. The van der Waals surface area contributed by atoms with Crippen LogP contribution in [0.2, 0.25) is 5.02 Å². The number of halogens is 4. The zero-order chi connectivity index (χ0) is 12.9. The molecule has 1 unspecified atom stereocenters. The van der Waals surface area contributed by atoms with Crippen LogP contribution in [0.25, 0.3) is 0 Å². The van der Waals surface area contributed by atoms with Gasteiger partial charge in [0, 0.05) is 18.4 Å². The highest BCUT2D eigenvalue weighted by Crippen LogP contribution is 2.16. The molecule has 1 rings (SSSR count). The summed E-state index contributed by atoms with van der Waals surface area (Å²) >= 11 is 5.84. The van der Waals surface area contributed by atoms with E-state index < -0.39 is 18.8 Å². The maximum Gasteiger partial charge on any atom is 0.411 e. The van der Waals surface area contributed by atoms with E-state index in [0.717, 1.165) is 5.56 Å². The minimum absolute atomic E-state index is 0.168. The Balaban J connectivity index is 2.35. The van der Waals surface area contributed by atoms with Crippen LogP contribution in [0, 0.1) is 0 Å². The van der Waals surface area contributed by atoms with Crippen molar-refractivity contribution in [3.8, 4) is 0 Å². The van der Waals surface area contributed by atoms with Gasteiger partial charge in [0.2, 0.25) is 0 Å². The van der Waals surface area contributed by atoms with Gasteiger partial charge in [-0.15, -0.1) is 0 Å². The molecule has 2 N–H and O–H groups in total. The Morgan fingerprint density at radius 2 is 2.18 bits per heavy atom. The highest BCUT2D eigenvalue weighted by atomic mass is 35.5. The van der Waals surface area contributed by atoms with Crippen molar-refractivity contribution in [1.29, 1.82) is 0 Å². The van der Waals surface area contributed by atoms with Crippen LogP contribution in [0.4, 0.5) is 13.2 Å². The lowest BCUT2D eigenvalue weighted by Crippen LogP contribution is -2.31. The molecule has 0 aliphatic heterocycles. The quantitative estimate of drug-likeness (QED) is 0.890. The van der Waals surface area contributed by atoms with E-state index in [0.29, 0.717) is 11.4 Å². The van der Waals surface area contributed by atoms with Gasteiger partial charge in [-0.2, -0.15) is 13.2 Å². The second kappa shape index (κ2) is 6.18. The average molecular weight is 269 g/mol. The third kappa shape index (κ3) is 5.86. The number of rotatable bonds is 5. The number of aromatic nitrogens is 1. The van der Waals surface area contributed by atoms with Gasteiger partial charge < -0.3 is 10.5 Å².